The van der Waals surface area contributed by atoms with E-state index in [2.05, 4.69) is 0 Å². The van der Waals surface area contributed by atoms with Crippen molar-refractivity contribution in [3.63, 3.8) is 0 Å². The van der Waals surface area contributed by atoms with Gasteiger partial charge in [0, 0.05) is 5.56 Å². The molecule has 18 heavy (non-hydrogen) atoms. The third kappa shape index (κ3) is 1.76. The van der Waals surface area contributed by atoms with Gasteiger partial charge in [0.2, 0.25) is 0 Å². The van der Waals surface area contributed by atoms with Gasteiger partial charge < -0.3 is 4.74 Å². The summed E-state index contributed by atoms with van der Waals surface area (Å²) in [5, 5.41) is 0. The zero-order valence-electron chi connectivity index (χ0n) is 9.26. The number of sulfone groups is 1. The maximum absolute atomic E-state index is 13.2. The van der Waals surface area contributed by atoms with Crippen molar-refractivity contribution < 1.29 is 17.5 Å². The van der Waals surface area contributed by atoms with Gasteiger partial charge in [-0.15, -0.1) is 0 Å². The van der Waals surface area contributed by atoms with Crippen LogP contribution >= 0.6 is 0 Å². The second-order valence-electron chi connectivity index (χ2n) is 4.06. The fourth-order valence-electron chi connectivity index (χ4n) is 1.95. The summed E-state index contributed by atoms with van der Waals surface area (Å²) < 4.78 is 43.0. The maximum Gasteiger partial charge on any atom is 0.186 e. The first kappa shape index (κ1) is 11.2. The normalized spacial score (nSPS) is 16.1. The van der Waals surface area contributed by atoms with Crippen molar-refractivity contribution >= 4 is 9.84 Å². The molecule has 0 spiro atoms. The monoisotopic (exact) mass is 264 g/mol. The van der Waals surface area contributed by atoms with E-state index < -0.39 is 15.7 Å². The van der Waals surface area contributed by atoms with Crippen LogP contribution < -0.4 is 4.74 Å². The molecule has 2 aromatic carbocycles. The van der Waals surface area contributed by atoms with Crippen LogP contribution in [0.3, 0.4) is 0 Å². The molecule has 0 amide bonds. The lowest BCUT2D eigenvalue weighted by Crippen LogP contribution is -2.03. The average Bonchev–Trinajstić information content (AvgIpc) is 2.43. The number of fused-ring (bicyclic) bond motifs is 2. The fourth-order valence-corrected chi connectivity index (χ4v) is 3.45. The number of halogens is 1. The predicted molar refractivity (Wildman–Crippen MR) is 63.8 cm³/mol. The second-order valence-corrected chi connectivity index (χ2v) is 6.02. The van der Waals surface area contributed by atoms with Crippen LogP contribution in [0.15, 0.2) is 47.4 Å². The van der Waals surface area contributed by atoms with Crippen LogP contribution in [0.25, 0.3) is 0 Å². The van der Waals surface area contributed by atoms with Gasteiger partial charge in [0.15, 0.2) is 9.84 Å². The van der Waals surface area contributed by atoms with E-state index in [1.54, 1.807) is 18.2 Å². The topological polar surface area (TPSA) is 43.4 Å². The molecule has 92 valence electrons. The van der Waals surface area contributed by atoms with Crippen molar-refractivity contribution in [2.24, 2.45) is 0 Å². The summed E-state index contributed by atoms with van der Waals surface area (Å²) in [5.41, 5.74) is 0.339. The number of ether oxygens (including phenoxy) is 1. The number of hydrogen-bond acceptors (Lipinski definition) is 3. The first-order valence-electron chi connectivity index (χ1n) is 5.34. The quantitative estimate of drug-likeness (QED) is 0.734. The van der Waals surface area contributed by atoms with Gasteiger partial charge in [-0.1, -0.05) is 12.1 Å². The Balaban J connectivity index is 2.26. The van der Waals surface area contributed by atoms with Gasteiger partial charge in [-0.05, 0) is 30.3 Å². The minimum atomic E-state index is -3.50. The predicted octanol–water partition coefficient (Wildman–Crippen LogP) is 2.91. The lowest BCUT2D eigenvalue weighted by Gasteiger charge is -2.06. The molecular formula is C13H9FO3S. The maximum atomic E-state index is 13.2. The van der Waals surface area contributed by atoms with Crippen molar-refractivity contribution in [1.82, 2.24) is 0 Å². The second kappa shape index (κ2) is 3.81. The Labute approximate surface area is 104 Å². The Morgan fingerprint density at radius 2 is 1.83 bits per heavy atom. The van der Waals surface area contributed by atoms with Crippen LogP contribution in [0.4, 0.5) is 4.39 Å². The molecule has 2 aromatic rings. The summed E-state index contributed by atoms with van der Waals surface area (Å²) in [6, 6.07) is 10.3. The highest BCUT2D eigenvalue weighted by Gasteiger charge is 2.26. The van der Waals surface area contributed by atoms with Crippen molar-refractivity contribution in [3.8, 4) is 11.5 Å². The molecule has 1 heterocycles. The van der Waals surface area contributed by atoms with E-state index >= 15 is 0 Å². The lowest BCUT2D eigenvalue weighted by atomic mass is 10.2. The summed E-state index contributed by atoms with van der Waals surface area (Å²) in [7, 11) is -3.50. The van der Waals surface area contributed by atoms with Gasteiger partial charge in [-0.25, -0.2) is 12.8 Å². The number of benzene rings is 2. The molecular weight excluding hydrogens is 255 g/mol. The van der Waals surface area contributed by atoms with Crippen molar-refractivity contribution in [3.05, 3.63) is 53.8 Å². The van der Waals surface area contributed by atoms with Gasteiger partial charge in [-0.3, -0.25) is 0 Å². The highest BCUT2D eigenvalue weighted by atomic mass is 32.2. The minimum Gasteiger partial charge on any atom is -0.456 e. The number of hydrogen-bond donors (Lipinski definition) is 0. The average molecular weight is 264 g/mol. The number of rotatable bonds is 0. The zero-order valence-corrected chi connectivity index (χ0v) is 10.1. The van der Waals surface area contributed by atoms with Crippen LogP contribution in [0.5, 0.6) is 11.5 Å². The standard InChI is InChI=1S/C13H9FO3S/c14-10-5-6-11-9(7-10)8-18(15,16)13-4-2-1-3-12(13)17-11/h1-7H,8H2. The van der Waals surface area contributed by atoms with E-state index in [0.717, 1.165) is 0 Å². The highest BCUT2D eigenvalue weighted by Crippen LogP contribution is 2.37. The Hall–Kier alpha value is -1.88. The molecule has 0 fully saturated rings. The molecule has 1 aliphatic heterocycles. The van der Waals surface area contributed by atoms with Gasteiger partial charge >= 0.3 is 0 Å². The van der Waals surface area contributed by atoms with E-state index in [0.29, 0.717) is 11.3 Å². The minimum absolute atomic E-state index is 0.140. The Morgan fingerprint density at radius 1 is 1.06 bits per heavy atom. The molecule has 3 nitrogen and oxygen atoms in total. The molecule has 0 radical (unpaired) electrons. The summed E-state index contributed by atoms with van der Waals surface area (Å²) >= 11 is 0. The van der Waals surface area contributed by atoms with Gasteiger partial charge in [0.25, 0.3) is 0 Å². The first-order chi connectivity index (χ1) is 8.56. The molecule has 1 aliphatic rings. The third-order valence-corrected chi connectivity index (χ3v) is 4.47. The van der Waals surface area contributed by atoms with Crippen LogP contribution in [0.1, 0.15) is 5.56 Å². The lowest BCUT2D eigenvalue weighted by molar-refractivity contribution is 0.466. The summed E-state index contributed by atoms with van der Waals surface area (Å²) in [5.74, 6) is -0.0665. The van der Waals surface area contributed by atoms with E-state index in [1.807, 2.05) is 0 Å². The van der Waals surface area contributed by atoms with Crippen LogP contribution in [-0.4, -0.2) is 8.42 Å². The van der Waals surface area contributed by atoms with E-state index in [1.165, 1.54) is 24.3 Å². The molecule has 0 aliphatic carbocycles. The SMILES string of the molecule is O=S1(=O)Cc2cc(F)ccc2Oc2ccccc21. The smallest absolute Gasteiger partial charge is 0.186 e. The molecule has 0 N–H and O–H groups in total. The molecule has 0 unspecified atom stereocenters. The van der Waals surface area contributed by atoms with Gasteiger partial charge in [0.05, 0.1) is 5.75 Å². The van der Waals surface area contributed by atoms with E-state index in [4.69, 9.17) is 4.74 Å². The van der Waals surface area contributed by atoms with E-state index in [-0.39, 0.29) is 16.4 Å². The Kier molecular flexibility index (Phi) is 2.38. The largest absolute Gasteiger partial charge is 0.456 e. The molecule has 0 saturated heterocycles. The van der Waals surface area contributed by atoms with Crippen molar-refractivity contribution in [2.45, 2.75) is 10.6 Å². The summed E-state index contributed by atoms with van der Waals surface area (Å²) in [6.45, 7) is 0. The molecule has 0 atom stereocenters. The highest BCUT2D eigenvalue weighted by molar-refractivity contribution is 7.90. The summed E-state index contributed by atoms with van der Waals surface area (Å²) in [4.78, 5) is 0.140. The zero-order chi connectivity index (χ0) is 12.8. The first-order valence-corrected chi connectivity index (χ1v) is 6.99. The van der Waals surface area contributed by atoms with Gasteiger partial charge in [-0.2, -0.15) is 0 Å². The fraction of sp³-hybridized carbons (Fsp3) is 0.0769. The third-order valence-electron chi connectivity index (χ3n) is 2.77. The van der Waals surface area contributed by atoms with Crippen molar-refractivity contribution in [2.75, 3.05) is 0 Å². The molecule has 0 saturated carbocycles. The van der Waals surface area contributed by atoms with Crippen LogP contribution in [-0.2, 0) is 15.6 Å². The Morgan fingerprint density at radius 3 is 2.67 bits per heavy atom. The Bertz CT molecular complexity index is 723. The number of para-hydroxylation sites is 1. The molecule has 5 heteroatoms. The molecule has 0 aromatic heterocycles. The van der Waals surface area contributed by atoms with Crippen LogP contribution in [0.2, 0.25) is 0 Å². The van der Waals surface area contributed by atoms with E-state index in [9.17, 15) is 12.8 Å². The summed E-state index contributed by atoms with van der Waals surface area (Å²) in [6.07, 6.45) is 0. The van der Waals surface area contributed by atoms with Gasteiger partial charge in [0.1, 0.15) is 22.2 Å². The van der Waals surface area contributed by atoms with Crippen LogP contribution in [0, 0.1) is 5.82 Å². The molecule has 3 rings (SSSR count). The molecule has 0 bridgehead atoms. The van der Waals surface area contributed by atoms with Crippen molar-refractivity contribution in [1.29, 1.82) is 0 Å².